The molecule has 4 rings (SSSR count). The molecular weight excluding hydrogens is 459 g/mol. The molecule has 7 nitrogen and oxygen atoms in total. The molecule has 0 radical (unpaired) electrons. The molecule has 3 aromatic rings. The molecule has 1 aromatic heterocycles. The van der Waals surface area contributed by atoms with Crippen molar-refractivity contribution in [3.05, 3.63) is 76.9 Å². The maximum Gasteiger partial charge on any atom is 0.253 e. The number of amides is 1. The number of nitrogens with zero attached hydrogens (tertiary/aromatic N) is 1. The van der Waals surface area contributed by atoms with Gasteiger partial charge in [0.05, 0.1) is 17.4 Å². The fourth-order valence-corrected chi connectivity index (χ4v) is 4.59. The summed E-state index contributed by atoms with van der Waals surface area (Å²) in [4.78, 5) is 30.6. The number of carbonyl (C=O) groups excluding carboxylic acids is 2. The predicted molar refractivity (Wildman–Crippen MR) is 140 cm³/mol. The Balaban J connectivity index is 1.59. The number of nitrogens with one attached hydrogen (secondary N) is 2. The van der Waals surface area contributed by atoms with Crippen molar-refractivity contribution in [2.45, 2.75) is 25.9 Å². The number of piperidine rings is 1. The highest BCUT2D eigenvalue weighted by Crippen LogP contribution is 2.34. The molecule has 0 spiro atoms. The van der Waals surface area contributed by atoms with Crippen LogP contribution in [-0.4, -0.2) is 59.5 Å². The minimum atomic E-state index is -0.391. The lowest BCUT2D eigenvalue weighted by Crippen LogP contribution is -2.40. The molecule has 0 atom stereocenters. The molecule has 1 aliphatic heterocycles. The van der Waals surface area contributed by atoms with Gasteiger partial charge in [-0.25, -0.2) is 4.39 Å². The highest BCUT2D eigenvalue weighted by molar-refractivity contribution is 6.18. The molecule has 36 heavy (non-hydrogen) atoms. The van der Waals surface area contributed by atoms with Crippen LogP contribution in [0.15, 0.2) is 48.5 Å². The number of halogens is 1. The Kier molecular flexibility index (Phi) is 7.97. The maximum absolute atomic E-state index is 13.9. The van der Waals surface area contributed by atoms with Gasteiger partial charge < -0.3 is 26.0 Å². The van der Waals surface area contributed by atoms with Crippen molar-refractivity contribution in [1.29, 1.82) is 0 Å². The zero-order valence-corrected chi connectivity index (χ0v) is 20.3. The number of allylic oxidation sites excluding steroid dienone is 1. The van der Waals surface area contributed by atoms with Crippen molar-refractivity contribution in [2.75, 3.05) is 31.9 Å². The van der Waals surface area contributed by atoms with Crippen LogP contribution in [0.4, 0.5) is 10.1 Å². The summed E-state index contributed by atoms with van der Waals surface area (Å²) in [5.74, 6) is -0.642. The lowest BCUT2D eigenvalue weighted by Gasteiger charge is -2.29. The van der Waals surface area contributed by atoms with E-state index >= 15 is 0 Å². The SMILES string of the molecule is Cc1cc(C(=O)NCCN2CCC(O)CC2)c(/C=C(\C=O)c2c(N)cccc2-c2cccc(F)c2)[nH]1. The quantitative estimate of drug-likeness (QED) is 0.219. The van der Waals surface area contributed by atoms with E-state index in [-0.39, 0.29) is 17.6 Å². The summed E-state index contributed by atoms with van der Waals surface area (Å²) >= 11 is 0. The number of benzene rings is 2. The number of nitrogens with two attached hydrogens (primary N) is 1. The van der Waals surface area contributed by atoms with Crippen LogP contribution in [0.25, 0.3) is 22.8 Å². The van der Waals surface area contributed by atoms with Crippen molar-refractivity contribution >= 4 is 29.5 Å². The number of aliphatic hydroxyl groups excluding tert-OH is 1. The van der Waals surface area contributed by atoms with Crippen LogP contribution in [0.2, 0.25) is 0 Å². The van der Waals surface area contributed by atoms with Gasteiger partial charge in [0.25, 0.3) is 5.91 Å². The molecule has 2 aromatic carbocycles. The highest BCUT2D eigenvalue weighted by atomic mass is 19.1. The molecule has 0 aliphatic carbocycles. The second-order valence-corrected chi connectivity index (χ2v) is 9.11. The molecule has 0 saturated carbocycles. The largest absolute Gasteiger partial charge is 0.398 e. The van der Waals surface area contributed by atoms with Gasteiger partial charge in [0, 0.05) is 48.7 Å². The summed E-state index contributed by atoms with van der Waals surface area (Å²) < 4.78 is 13.9. The van der Waals surface area contributed by atoms with Gasteiger partial charge in [-0.15, -0.1) is 0 Å². The Morgan fingerprint density at radius 2 is 1.97 bits per heavy atom. The monoisotopic (exact) mass is 490 g/mol. The smallest absolute Gasteiger partial charge is 0.253 e. The predicted octanol–water partition coefficient (Wildman–Crippen LogP) is 3.64. The average molecular weight is 491 g/mol. The minimum Gasteiger partial charge on any atom is -0.398 e. The number of aliphatic hydroxyl groups is 1. The Morgan fingerprint density at radius 1 is 1.22 bits per heavy atom. The van der Waals surface area contributed by atoms with E-state index in [0.29, 0.717) is 53.0 Å². The highest BCUT2D eigenvalue weighted by Gasteiger charge is 2.19. The number of nitrogen functional groups attached to an aromatic ring is 1. The van der Waals surface area contributed by atoms with Gasteiger partial charge in [-0.1, -0.05) is 24.3 Å². The fourth-order valence-electron chi connectivity index (χ4n) is 4.59. The molecule has 2 heterocycles. The number of aryl methyl sites for hydroxylation is 1. The molecule has 1 aliphatic rings. The first kappa shape index (κ1) is 25.3. The number of aromatic amines is 1. The third kappa shape index (κ3) is 5.90. The Morgan fingerprint density at radius 3 is 2.69 bits per heavy atom. The van der Waals surface area contributed by atoms with Gasteiger partial charge in [0.15, 0.2) is 6.29 Å². The minimum absolute atomic E-state index is 0.236. The number of likely N-dealkylation sites (tertiary alicyclic amines) is 1. The number of aromatic nitrogens is 1. The fraction of sp³-hybridized carbons (Fsp3) is 0.286. The number of rotatable bonds is 8. The van der Waals surface area contributed by atoms with Crippen LogP contribution >= 0.6 is 0 Å². The van der Waals surface area contributed by atoms with E-state index in [0.717, 1.165) is 31.6 Å². The summed E-state index contributed by atoms with van der Waals surface area (Å²) in [7, 11) is 0. The molecule has 8 heteroatoms. The lowest BCUT2D eigenvalue weighted by atomic mass is 9.92. The molecule has 1 amide bonds. The van der Waals surface area contributed by atoms with Gasteiger partial charge in [-0.3, -0.25) is 9.59 Å². The van der Waals surface area contributed by atoms with Crippen LogP contribution in [0.1, 0.15) is 40.2 Å². The van der Waals surface area contributed by atoms with Crippen molar-refractivity contribution in [3.63, 3.8) is 0 Å². The van der Waals surface area contributed by atoms with Gasteiger partial charge in [0.2, 0.25) is 0 Å². The summed E-state index contributed by atoms with van der Waals surface area (Å²) in [5, 5.41) is 12.6. The number of H-pyrrole nitrogens is 1. The van der Waals surface area contributed by atoms with E-state index in [4.69, 9.17) is 5.73 Å². The van der Waals surface area contributed by atoms with E-state index in [1.165, 1.54) is 12.1 Å². The third-order valence-corrected chi connectivity index (χ3v) is 6.45. The van der Waals surface area contributed by atoms with Crippen molar-refractivity contribution < 1.29 is 19.1 Å². The first-order valence-corrected chi connectivity index (χ1v) is 12.1. The first-order chi connectivity index (χ1) is 17.4. The van der Waals surface area contributed by atoms with Gasteiger partial charge in [-0.2, -0.15) is 0 Å². The number of hydrogen-bond acceptors (Lipinski definition) is 5. The molecule has 1 fully saturated rings. The Bertz CT molecular complexity index is 1280. The van der Waals surface area contributed by atoms with E-state index in [9.17, 15) is 19.1 Å². The Labute approximate surface area is 209 Å². The molecule has 0 bridgehead atoms. The maximum atomic E-state index is 13.9. The van der Waals surface area contributed by atoms with Crippen molar-refractivity contribution in [2.24, 2.45) is 0 Å². The van der Waals surface area contributed by atoms with E-state index in [1.54, 1.807) is 42.5 Å². The lowest BCUT2D eigenvalue weighted by molar-refractivity contribution is -0.103. The van der Waals surface area contributed by atoms with Crippen LogP contribution < -0.4 is 11.1 Å². The number of aldehydes is 1. The summed E-state index contributed by atoms with van der Waals surface area (Å²) in [6.45, 7) is 4.62. The normalized spacial score (nSPS) is 15.1. The number of anilines is 1. The van der Waals surface area contributed by atoms with E-state index in [2.05, 4.69) is 15.2 Å². The summed E-state index contributed by atoms with van der Waals surface area (Å²) in [6, 6.07) is 13.1. The molecular formula is C28H31FN4O3. The van der Waals surface area contributed by atoms with Crippen LogP contribution in [0.3, 0.4) is 0 Å². The molecule has 0 unspecified atom stereocenters. The molecule has 188 valence electrons. The van der Waals surface area contributed by atoms with Crippen molar-refractivity contribution in [3.8, 4) is 11.1 Å². The van der Waals surface area contributed by atoms with Gasteiger partial charge in [0.1, 0.15) is 5.82 Å². The summed E-state index contributed by atoms with van der Waals surface area (Å²) in [6.07, 6.45) is 3.55. The van der Waals surface area contributed by atoms with Gasteiger partial charge >= 0.3 is 0 Å². The molecule has 5 N–H and O–H groups in total. The van der Waals surface area contributed by atoms with E-state index < -0.39 is 5.82 Å². The standard InChI is InChI=1S/C28H31FN4O3/c1-18-14-24(28(36)31-10-13-33-11-8-22(35)9-12-33)26(32-18)16-20(17-34)27-23(6-3-7-25(27)30)19-4-2-5-21(29)15-19/h2-7,14-17,22,32,35H,8-13,30H2,1H3,(H,31,36)/b20-16+. The average Bonchev–Trinajstić information content (AvgIpc) is 3.24. The topological polar surface area (TPSA) is 111 Å². The van der Waals surface area contributed by atoms with Gasteiger partial charge in [-0.05, 0) is 61.2 Å². The second kappa shape index (κ2) is 11.3. The first-order valence-electron chi connectivity index (χ1n) is 12.1. The summed E-state index contributed by atoms with van der Waals surface area (Å²) in [5.41, 5.74) is 10.3. The zero-order valence-electron chi connectivity index (χ0n) is 20.3. The third-order valence-electron chi connectivity index (χ3n) is 6.45. The second-order valence-electron chi connectivity index (χ2n) is 9.11. The Hall–Kier alpha value is -3.75. The van der Waals surface area contributed by atoms with Crippen LogP contribution in [-0.2, 0) is 4.79 Å². The van der Waals surface area contributed by atoms with Crippen LogP contribution in [0.5, 0.6) is 0 Å². The van der Waals surface area contributed by atoms with E-state index in [1.807, 2.05) is 6.92 Å². The van der Waals surface area contributed by atoms with Crippen molar-refractivity contribution in [1.82, 2.24) is 15.2 Å². The number of hydrogen-bond donors (Lipinski definition) is 4. The zero-order chi connectivity index (χ0) is 25.7. The molecule has 1 saturated heterocycles. The number of carbonyl (C=O) groups is 2. The van der Waals surface area contributed by atoms with Crippen LogP contribution in [0, 0.1) is 12.7 Å².